The zero-order valence-corrected chi connectivity index (χ0v) is 12.2. The second kappa shape index (κ2) is 5.29. The summed E-state index contributed by atoms with van der Waals surface area (Å²) >= 11 is 0. The van der Waals surface area contributed by atoms with Crippen molar-refractivity contribution < 1.29 is 14.3 Å². The van der Waals surface area contributed by atoms with Crippen molar-refractivity contribution in [2.75, 3.05) is 0 Å². The summed E-state index contributed by atoms with van der Waals surface area (Å²) in [5.41, 5.74) is 0.290. The molecule has 0 atom stereocenters. The summed E-state index contributed by atoms with van der Waals surface area (Å²) in [6, 6.07) is 4.62. The molecule has 0 heterocycles. The fraction of sp³-hybridized carbons (Fsp3) is 0.533. The number of hydrogen-bond donors (Lipinski definition) is 2. The van der Waals surface area contributed by atoms with Crippen LogP contribution >= 0.6 is 0 Å². The summed E-state index contributed by atoms with van der Waals surface area (Å²) in [6.07, 6.45) is 0. The summed E-state index contributed by atoms with van der Waals surface area (Å²) in [7, 11) is 0. The normalized spacial score (nSPS) is 12.5. The van der Waals surface area contributed by atoms with E-state index >= 15 is 0 Å². The Morgan fingerprint density at radius 2 is 1.89 bits per heavy atom. The first kappa shape index (κ1) is 15.6. The Hall–Kier alpha value is -1.42. The summed E-state index contributed by atoms with van der Waals surface area (Å²) < 4.78 is 13.2. The van der Waals surface area contributed by atoms with Gasteiger partial charge in [-0.2, -0.15) is 0 Å². The SMILES string of the molecule is Cc1ccc(F)cc1CNC(C)(C)C(C)(C)C(=O)O. The maximum absolute atomic E-state index is 13.2. The van der Waals surface area contributed by atoms with Crippen molar-refractivity contribution in [3.8, 4) is 0 Å². The Morgan fingerprint density at radius 1 is 1.32 bits per heavy atom. The van der Waals surface area contributed by atoms with E-state index in [2.05, 4.69) is 5.32 Å². The Bertz CT molecular complexity index is 481. The van der Waals surface area contributed by atoms with Crippen molar-refractivity contribution >= 4 is 5.97 Å². The Morgan fingerprint density at radius 3 is 2.42 bits per heavy atom. The summed E-state index contributed by atoms with van der Waals surface area (Å²) in [4.78, 5) is 11.3. The average molecular weight is 267 g/mol. The van der Waals surface area contributed by atoms with Gasteiger partial charge in [-0.3, -0.25) is 4.79 Å². The van der Waals surface area contributed by atoms with Gasteiger partial charge in [-0.05, 0) is 57.9 Å². The molecule has 0 aromatic heterocycles. The molecule has 0 aliphatic heterocycles. The third-order valence-electron chi connectivity index (χ3n) is 4.13. The summed E-state index contributed by atoms with van der Waals surface area (Å²) in [5.74, 6) is -1.14. The molecule has 0 aliphatic rings. The van der Waals surface area contributed by atoms with Crippen LogP contribution in [0.4, 0.5) is 4.39 Å². The average Bonchev–Trinajstić information content (AvgIpc) is 2.30. The van der Waals surface area contributed by atoms with Crippen molar-refractivity contribution in [3.63, 3.8) is 0 Å². The summed E-state index contributed by atoms with van der Waals surface area (Å²) in [5, 5.41) is 12.5. The molecule has 1 aromatic rings. The van der Waals surface area contributed by atoms with E-state index in [0.717, 1.165) is 11.1 Å². The lowest BCUT2D eigenvalue weighted by Crippen LogP contribution is -2.54. The number of carboxylic acids is 1. The lowest BCUT2D eigenvalue weighted by molar-refractivity contribution is -0.151. The zero-order chi connectivity index (χ0) is 14.8. The van der Waals surface area contributed by atoms with Gasteiger partial charge in [0.25, 0.3) is 0 Å². The molecular weight excluding hydrogens is 245 g/mol. The number of aryl methyl sites for hydroxylation is 1. The molecule has 0 saturated carbocycles. The highest BCUT2D eigenvalue weighted by Gasteiger charge is 2.43. The molecular formula is C15H22FNO2. The quantitative estimate of drug-likeness (QED) is 0.861. The van der Waals surface area contributed by atoms with Crippen LogP contribution in [0.1, 0.15) is 38.8 Å². The monoisotopic (exact) mass is 267 g/mol. The molecule has 0 amide bonds. The van der Waals surface area contributed by atoms with Crippen LogP contribution in [-0.2, 0) is 11.3 Å². The van der Waals surface area contributed by atoms with Gasteiger partial charge in [-0.1, -0.05) is 6.07 Å². The standard InChI is InChI=1S/C15H22FNO2/c1-10-6-7-12(16)8-11(10)9-17-15(4,5)14(2,3)13(18)19/h6-8,17H,9H2,1-5H3,(H,18,19). The van der Waals surface area contributed by atoms with Gasteiger partial charge in [0.1, 0.15) is 5.82 Å². The first-order valence-electron chi connectivity index (χ1n) is 6.31. The molecule has 0 fully saturated rings. The molecule has 19 heavy (non-hydrogen) atoms. The molecule has 0 aliphatic carbocycles. The smallest absolute Gasteiger partial charge is 0.310 e. The molecule has 0 radical (unpaired) electrons. The maximum Gasteiger partial charge on any atom is 0.310 e. The van der Waals surface area contributed by atoms with Crippen LogP contribution in [0.3, 0.4) is 0 Å². The van der Waals surface area contributed by atoms with E-state index in [1.165, 1.54) is 12.1 Å². The van der Waals surface area contributed by atoms with Crippen molar-refractivity contribution in [1.29, 1.82) is 0 Å². The molecule has 1 aromatic carbocycles. The largest absolute Gasteiger partial charge is 0.481 e. The van der Waals surface area contributed by atoms with Gasteiger partial charge in [0, 0.05) is 12.1 Å². The van der Waals surface area contributed by atoms with Crippen LogP contribution in [0.25, 0.3) is 0 Å². The fourth-order valence-corrected chi connectivity index (χ4v) is 1.63. The van der Waals surface area contributed by atoms with Crippen molar-refractivity contribution in [2.45, 2.75) is 46.7 Å². The highest BCUT2D eigenvalue weighted by atomic mass is 19.1. The molecule has 0 unspecified atom stereocenters. The molecule has 0 bridgehead atoms. The number of hydrogen-bond acceptors (Lipinski definition) is 2. The van der Waals surface area contributed by atoms with Crippen LogP contribution in [0.15, 0.2) is 18.2 Å². The third-order valence-corrected chi connectivity index (χ3v) is 4.13. The molecule has 106 valence electrons. The van der Waals surface area contributed by atoms with Crippen LogP contribution in [0.5, 0.6) is 0 Å². The summed E-state index contributed by atoms with van der Waals surface area (Å²) in [6.45, 7) is 9.39. The van der Waals surface area contributed by atoms with Gasteiger partial charge >= 0.3 is 5.97 Å². The molecule has 0 spiro atoms. The number of rotatable bonds is 5. The van der Waals surface area contributed by atoms with Crippen LogP contribution in [0, 0.1) is 18.2 Å². The fourth-order valence-electron chi connectivity index (χ4n) is 1.63. The van der Waals surface area contributed by atoms with Gasteiger partial charge in [0.2, 0.25) is 0 Å². The van der Waals surface area contributed by atoms with Gasteiger partial charge in [0.15, 0.2) is 0 Å². The molecule has 1 rings (SSSR count). The van der Waals surface area contributed by atoms with E-state index in [4.69, 9.17) is 0 Å². The maximum atomic E-state index is 13.2. The number of benzene rings is 1. The Labute approximate surface area is 113 Å². The van der Waals surface area contributed by atoms with E-state index in [0.29, 0.717) is 6.54 Å². The zero-order valence-electron chi connectivity index (χ0n) is 12.2. The second-order valence-electron chi connectivity index (χ2n) is 5.98. The lowest BCUT2D eigenvalue weighted by atomic mass is 9.74. The molecule has 0 saturated heterocycles. The van der Waals surface area contributed by atoms with Crippen LogP contribution < -0.4 is 5.32 Å². The lowest BCUT2D eigenvalue weighted by Gasteiger charge is -2.39. The number of nitrogens with one attached hydrogen (secondary N) is 1. The predicted octanol–water partition coefficient (Wildman–Crippen LogP) is 3.11. The highest BCUT2D eigenvalue weighted by molar-refractivity contribution is 5.75. The topological polar surface area (TPSA) is 49.3 Å². The van der Waals surface area contributed by atoms with Gasteiger partial charge < -0.3 is 10.4 Å². The van der Waals surface area contributed by atoms with Crippen LogP contribution in [0.2, 0.25) is 0 Å². The van der Waals surface area contributed by atoms with Crippen molar-refractivity contribution in [2.24, 2.45) is 5.41 Å². The minimum absolute atomic E-state index is 0.280. The van der Waals surface area contributed by atoms with E-state index in [1.807, 2.05) is 20.8 Å². The number of carboxylic acid groups (broad SMARTS) is 1. The number of aliphatic carboxylic acids is 1. The molecule has 4 heteroatoms. The van der Waals surface area contributed by atoms with Crippen molar-refractivity contribution in [3.05, 3.63) is 35.1 Å². The molecule has 3 nitrogen and oxygen atoms in total. The van der Waals surface area contributed by atoms with Crippen LogP contribution in [-0.4, -0.2) is 16.6 Å². The van der Waals surface area contributed by atoms with Gasteiger partial charge in [-0.25, -0.2) is 4.39 Å². The minimum Gasteiger partial charge on any atom is -0.481 e. The van der Waals surface area contributed by atoms with E-state index in [9.17, 15) is 14.3 Å². The first-order valence-corrected chi connectivity index (χ1v) is 6.31. The van der Waals surface area contributed by atoms with E-state index in [1.54, 1.807) is 19.9 Å². The first-order chi connectivity index (χ1) is 8.58. The predicted molar refractivity (Wildman–Crippen MR) is 73.5 cm³/mol. The van der Waals surface area contributed by atoms with Gasteiger partial charge in [-0.15, -0.1) is 0 Å². The number of halogens is 1. The number of carbonyl (C=O) groups is 1. The Balaban J connectivity index is 2.86. The van der Waals surface area contributed by atoms with Crippen molar-refractivity contribution in [1.82, 2.24) is 5.32 Å². The third kappa shape index (κ3) is 3.32. The van der Waals surface area contributed by atoms with E-state index < -0.39 is 16.9 Å². The Kier molecular flexibility index (Phi) is 4.35. The van der Waals surface area contributed by atoms with E-state index in [-0.39, 0.29) is 5.82 Å². The minimum atomic E-state index is -0.922. The van der Waals surface area contributed by atoms with Gasteiger partial charge in [0.05, 0.1) is 5.41 Å². The highest BCUT2D eigenvalue weighted by Crippen LogP contribution is 2.31. The second-order valence-corrected chi connectivity index (χ2v) is 5.98. The molecule has 2 N–H and O–H groups in total.